The van der Waals surface area contributed by atoms with Gasteiger partial charge in [-0.05, 0) is 148 Å². The van der Waals surface area contributed by atoms with Gasteiger partial charge in [0, 0.05) is 12.8 Å². The van der Waals surface area contributed by atoms with E-state index >= 15 is 0 Å². The average molecular weight is 1250 g/mol. The monoisotopic (exact) mass is 1250 g/mol. The number of ether oxygens (including phenoxy) is 4. The third-order valence-electron chi connectivity index (χ3n) is 14.0. The summed E-state index contributed by atoms with van der Waals surface area (Å²) >= 11 is 0. The number of hydrogen-bond acceptors (Lipinski definition) is 8. The van der Waals surface area contributed by atoms with Crippen LogP contribution in [0.1, 0.15) is 232 Å². The molecule has 0 bridgehead atoms. The summed E-state index contributed by atoms with van der Waals surface area (Å²) in [5.74, 6) is -2.35. The minimum Gasteiger partial charge on any atom is -0.545 e. The Morgan fingerprint density at radius 3 is 0.879 bits per heavy atom. The highest BCUT2D eigenvalue weighted by molar-refractivity contribution is 5.70. The Morgan fingerprint density at radius 1 is 0.330 bits per heavy atom. The lowest BCUT2D eigenvalue weighted by Crippen LogP contribution is -2.44. The number of likely N-dealkylation sites (N-methyl/N-ethyl adjacent to an activating group) is 1. The molecule has 508 valence electrons. The van der Waals surface area contributed by atoms with E-state index in [4.69, 9.17) is 18.9 Å². The smallest absolute Gasteiger partial charge is 0.306 e. The third-order valence-corrected chi connectivity index (χ3v) is 14.0. The molecule has 0 spiro atoms. The summed E-state index contributed by atoms with van der Waals surface area (Å²) in [6.45, 7) is 4.46. The highest BCUT2D eigenvalue weighted by atomic mass is 16.7. The summed E-state index contributed by atoms with van der Waals surface area (Å²) in [5.41, 5.74) is 0. The zero-order valence-electron chi connectivity index (χ0n) is 57.9. The van der Waals surface area contributed by atoms with Gasteiger partial charge in [-0.3, -0.25) is 9.59 Å². The van der Waals surface area contributed by atoms with Crippen LogP contribution in [0.2, 0.25) is 0 Å². The number of aliphatic carboxylic acids is 1. The molecular formula is C82H127NO8. The number of carbonyl (C=O) groups excluding carboxylic acids is 3. The molecule has 0 amide bonds. The largest absolute Gasteiger partial charge is 0.545 e. The number of carboxylic acid groups (broad SMARTS) is 1. The standard InChI is InChI=1S/C82H127NO8/c1-6-8-10-12-14-16-18-20-22-24-26-28-30-32-34-35-36-37-38-39-40-41-42-43-44-45-47-49-51-53-55-57-59-61-63-65-67-69-71-73-80(85)91-78(77-90-82(81(86)87)88-75-74-83(3,4)5)76-89-79(84)72-70-68-66-64-62-60-58-56-54-52-50-48-46-33-31-29-27-25-23-21-19-17-15-13-11-9-7-2/h8-11,14-17,20-23,26-29,32-34,36-37,39-40,42-43,45-47,50-53,57,59,78,82H,6-7,12-13,18-19,24-25,30-31,35,38,41,44,48-49,54-56,58,60-77H2,1-5H3/b10-8-,11-9-,16-14-,17-15-,22-20-,23-21-,28-26-,29-27-,34-32-,37-36-,40-39-,43-42-,46-33-,47-45-,52-50-,53-51-,59-57-. The molecule has 0 saturated heterocycles. The van der Waals surface area contributed by atoms with Crippen LogP contribution >= 0.6 is 0 Å². The van der Waals surface area contributed by atoms with E-state index in [1.54, 1.807) is 0 Å². The fourth-order valence-electron chi connectivity index (χ4n) is 8.72. The molecular weight excluding hydrogens is 1130 g/mol. The number of allylic oxidation sites excluding steroid dienone is 34. The van der Waals surface area contributed by atoms with Crippen molar-refractivity contribution in [2.24, 2.45) is 0 Å². The molecule has 0 radical (unpaired) electrons. The molecule has 0 aliphatic carbocycles. The normalized spacial score (nSPS) is 14.0. The van der Waals surface area contributed by atoms with E-state index in [1.807, 2.05) is 21.1 Å². The third kappa shape index (κ3) is 71.2. The van der Waals surface area contributed by atoms with Crippen LogP contribution in [0.25, 0.3) is 0 Å². The minimum absolute atomic E-state index is 0.130. The van der Waals surface area contributed by atoms with Gasteiger partial charge >= 0.3 is 11.9 Å². The summed E-state index contributed by atoms with van der Waals surface area (Å²) in [6, 6.07) is 0. The number of rotatable bonds is 62. The number of esters is 2. The first-order valence-corrected chi connectivity index (χ1v) is 35.2. The van der Waals surface area contributed by atoms with Gasteiger partial charge in [-0.25, -0.2) is 0 Å². The van der Waals surface area contributed by atoms with E-state index in [-0.39, 0.29) is 38.6 Å². The van der Waals surface area contributed by atoms with Crippen LogP contribution in [0.4, 0.5) is 0 Å². The van der Waals surface area contributed by atoms with Crippen LogP contribution in [0.3, 0.4) is 0 Å². The number of unbranched alkanes of at least 4 members (excludes halogenated alkanes) is 13. The number of nitrogens with zero attached hydrogens (tertiary/aromatic N) is 1. The molecule has 9 nitrogen and oxygen atoms in total. The molecule has 9 heteroatoms. The SMILES string of the molecule is CC/C=C\C/C=C\C/C=C\C/C=C\C/C=C\C/C=C\C/C=C\C/C=C\C/C=C\C/C=C\C/C=C\CCCCCCCC(=O)OC(COC(=O)CCCCCCCCCC/C=C\C/C=C\C/C=C\C/C=C\C/C=C\C/C=C\CC)COC(OCC[N+](C)(C)C)C(=O)[O-]. The minimum atomic E-state index is -1.64. The Balaban J connectivity index is 4.27. The van der Waals surface area contributed by atoms with Gasteiger partial charge in [-0.1, -0.05) is 278 Å². The number of carbonyl (C=O) groups is 3. The molecule has 0 aliphatic rings. The van der Waals surface area contributed by atoms with Crippen molar-refractivity contribution in [3.05, 3.63) is 207 Å². The van der Waals surface area contributed by atoms with Crippen LogP contribution in [0, 0.1) is 0 Å². The van der Waals surface area contributed by atoms with Crippen LogP contribution < -0.4 is 5.11 Å². The average Bonchev–Trinajstić information content (AvgIpc) is 3.46. The Labute approximate surface area is 556 Å². The summed E-state index contributed by atoms with van der Waals surface area (Å²) in [4.78, 5) is 37.5. The van der Waals surface area contributed by atoms with Gasteiger partial charge in [0.05, 0.1) is 40.3 Å². The molecule has 0 aromatic carbocycles. The van der Waals surface area contributed by atoms with Crippen molar-refractivity contribution < 1.29 is 42.9 Å². The molecule has 91 heavy (non-hydrogen) atoms. The van der Waals surface area contributed by atoms with Crippen molar-refractivity contribution in [2.45, 2.75) is 245 Å². The van der Waals surface area contributed by atoms with E-state index in [0.717, 1.165) is 167 Å². The van der Waals surface area contributed by atoms with Gasteiger partial charge in [0.25, 0.3) is 0 Å². The van der Waals surface area contributed by atoms with Crippen molar-refractivity contribution in [1.29, 1.82) is 0 Å². The predicted octanol–water partition coefficient (Wildman–Crippen LogP) is 21.0. The fourth-order valence-corrected chi connectivity index (χ4v) is 8.72. The summed E-state index contributed by atoms with van der Waals surface area (Å²) in [5, 5.41) is 11.8. The predicted molar refractivity (Wildman–Crippen MR) is 388 cm³/mol. The summed E-state index contributed by atoms with van der Waals surface area (Å²) in [7, 11) is 5.90. The quantitative estimate of drug-likeness (QED) is 0.0195. The molecule has 0 N–H and O–H groups in total. The summed E-state index contributed by atoms with van der Waals surface area (Å²) in [6.07, 6.45) is 106. The molecule has 2 atom stereocenters. The van der Waals surface area contributed by atoms with Gasteiger partial charge in [-0.2, -0.15) is 0 Å². The Morgan fingerprint density at radius 2 is 0.593 bits per heavy atom. The van der Waals surface area contributed by atoms with E-state index in [0.29, 0.717) is 23.9 Å². The van der Waals surface area contributed by atoms with Gasteiger partial charge in [0.2, 0.25) is 0 Å². The second kappa shape index (κ2) is 69.8. The molecule has 2 unspecified atom stereocenters. The molecule has 0 aromatic rings. The fraction of sp³-hybridized carbons (Fsp3) is 0.549. The lowest BCUT2D eigenvalue weighted by atomic mass is 10.1. The van der Waals surface area contributed by atoms with E-state index in [1.165, 1.54) is 25.7 Å². The zero-order chi connectivity index (χ0) is 66.1. The zero-order valence-corrected chi connectivity index (χ0v) is 57.9. The maximum absolute atomic E-state index is 12.9. The Hall–Kier alpha value is -6.13. The Kier molecular flexibility index (Phi) is 65.1. The lowest BCUT2D eigenvalue weighted by Gasteiger charge is -2.26. The number of hydrogen-bond donors (Lipinski definition) is 0. The first kappa shape index (κ1) is 84.9. The van der Waals surface area contributed by atoms with Crippen molar-refractivity contribution in [1.82, 2.24) is 0 Å². The van der Waals surface area contributed by atoms with Gasteiger partial charge in [0.1, 0.15) is 13.2 Å². The number of quaternary nitrogens is 1. The van der Waals surface area contributed by atoms with E-state index in [9.17, 15) is 19.5 Å². The van der Waals surface area contributed by atoms with E-state index < -0.39 is 24.3 Å². The highest BCUT2D eigenvalue weighted by Crippen LogP contribution is 2.14. The highest BCUT2D eigenvalue weighted by Gasteiger charge is 2.22. The van der Waals surface area contributed by atoms with Crippen molar-refractivity contribution in [3.63, 3.8) is 0 Å². The van der Waals surface area contributed by atoms with Crippen molar-refractivity contribution in [2.75, 3.05) is 47.5 Å². The first-order chi connectivity index (χ1) is 44.6. The van der Waals surface area contributed by atoms with Gasteiger partial charge in [-0.15, -0.1) is 0 Å². The molecule has 0 heterocycles. The second-order valence-corrected chi connectivity index (χ2v) is 23.7. The van der Waals surface area contributed by atoms with Crippen molar-refractivity contribution in [3.8, 4) is 0 Å². The first-order valence-electron chi connectivity index (χ1n) is 35.2. The van der Waals surface area contributed by atoms with Crippen LogP contribution in [-0.2, 0) is 33.3 Å². The Bertz CT molecular complexity index is 2250. The van der Waals surface area contributed by atoms with E-state index in [2.05, 4.69) is 220 Å². The van der Waals surface area contributed by atoms with Crippen LogP contribution in [0.15, 0.2) is 207 Å². The maximum atomic E-state index is 12.9. The molecule has 0 fully saturated rings. The van der Waals surface area contributed by atoms with Crippen molar-refractivity contribution >= 4 is 17.9 Å². The van der Waals surface area contributed by atoms with Crippen LogP contribution in [-0.4, -0.2) is 82.3 Å². The topological polar surface area (TPSA) is 111 Å². The lowest BCUT2D eigenvalue weighted by molar-refractivity contribution is -0.870. The maximum Gasteiger partial charge on any atom is 0.306 e. The molecule has 0 saturated carbocycles. The second-order valence-electron chi connectivity index (χ2n) is 23.7. The molecule has 0 rings (SSSR count). The molecule has 0 aliphatic heterocycles. The van der Waals surface area contributed by atoms with Crippen LogP contribution in [0.5, 0.6) is 0 Å². The van der Waals surface area contributed by atoms with Gasteiger partial charge < -0.3 is 33.3 Å². The van der Waals surface area contributed by atoms with Gasteiger partial charge in [0.15, 0.2) is 12.4 Å². The number of carboxylic acids is 1. The molecule has 0 aromatic heterocycles. The summed E-state index contributed by atoms with van der Waals surface area (Å²) < 4.78 is 22.7.